The minimum atomic E-state index is 0.0204. The Balaban J connectivity index is 2.08. The molecule has 0 bridgehead atoms. The molecule has 0 saturated carbocycles. The van der Waals surface area contributed by atoms with Crippen molar-refractivity contribution in [2.24, 2.45) is 5.92 Å². The predicted octanol–water partition coefficient (Wildman–Crippen LogP) is 1.11. The van der Waals surface area contributed by atoms with Crippen molar-refractivity contribution in [1.29, 1.82) is 0 Å². The quantitative estimate of drug-likeness (QED) is 0.760. The Kier molecular flexibility index (Phi) is 3.02. The van der Waals surface area contributed by atoms with Crippen molar-refractivity contribution in [1.82, 2.24) is 5.32 Å². The lowest BCUT2D eigenvalue weighted by Gasteiger charge is -2.21. The van der Waals surface area contributed by atoms with Crippen molar-refractivity contribution in [2.45, 2.75) is 12.8 Å². The van der Waals surface area contributed by atoms with Crippen LogP contribution in [0.5, 0.6) is 5.75 Å². The molecule has 15 heavy (non-hydrogen) atoms. The first kappa shape index (κ1) is 10.2. The van der Waals surface area contributed by atoms with Crippen LogP contribution in [0.25, 0.3) is 0 Å². The third kappa shape index (κ3) is 2.36. The minimum absolute atomic E-state index is 0.0204. The maximum Gasteiger partial charge on any atom is 0.138 e. The van der Waals surface area contributed by atoms with Crippen molar-refractivity contribution >= 4 is 5.78 Å². The number of ketones is 1. The van der Waals surface area contributed by atoms with Crippen LogP contribution in [0.4, 0.5) is 0 Å². The lowest BCUT2D eigenvalue weighted by molar-refractivity contribution is -0.123. The molecule has 1 aliphatic heterocycles. The zero-order valence-electron chi connectivity index (χ0n) is 8.57. The summed E-state index contributed by atoms with van der Waals surface area (Å²) in [6.07, 6.45) is 1.25. The molecule has 0 aliphatic carbocycles. The highest BCUT2D eigenvalue weighted by Gasteiger charge is 2.22. The van der Waals surface area contributed by atoms with E-state index in [4.69, 9.17) is 0 Å². The van der Waals surface area contributed by atoms with Gasteiger partial charge in [-0.1, -0.05) is 18.2 Å². The molecule has 0 radical (unpaired) electrons. The van der Waals surface area contributed by atoms with E-state index in [0.717, 1.165) is 18.7 Å². The molecule has 1 saturated heterocycles. The summed E-state index contributed by atoms with van der Waals surface area (Å²) in [4.78, 5) is 11.6. The van der Waals surface area contributed by atoms with Crippen LogP contribution >= 0.6 is 0 Å². The van der Waals surface area contributed by atoms with E-state index >= 15 is 0 Å². The summed E-state index contributed by atoms with van der Waals surface area (Å²) >= 11 is 0. The number of aromatic hydroxyl groups is 1. The smallest absolute Gasteiger partial charge is 0.138 e. The Hall–Kier alpha value is -1.35. The van der Waals surface area contributed by atoms with Crippen molar-refractivity contribution in [3.63, 3.8) is 0 Å². The number of phenols is 1. The third-order valence-electron chi connectivity index (χ3n) is 2.85. The molecular formula is C12H15NO2. The number of nitrogens with one attached hydrogen (secondary N) is 1. The first-order chi connectivity index (χ1) is 7.27. The highest BCUT2D eigenvalue weighted by Crippen LogP contribution is 2.21. The van der Waals surface area contributed by atoms with Crippen LogP contribution in [0.15, 0.2) is 24.3 Å². The van der Waals surface area contributed by atoms with Crippen LogP contribution in [0.1, 0.15) is 12.0 Å². The van der Waals surface area contributed by atoms with E-state index in [1.807, 2.05) is 12.1 Å². The Morgan fingerprint density at radius 2 is 2.20 bits per heavy atom. The molecule has 80 valence electrons. The van der Waals surface area contributed by atoms with Crippen LogP contribution in [-0.4, -0.2) is 24.0 Å². The molecule has 1 fully saturated rings. The summed E-state index contributed by atoms with van der Waals surface area (Å²) in [5, 5.41) is 12.8. The van der Waals surface area contributed by atoms with Gasteiger partial charge in [-0.05, 0) is 18.1 Å². The van der Waals surface area contributed by atoms with Crippen LogP contribution in [0.3, 0.4) is 0 Å². The number of benzene rings is 1. The van der Waals surface area contributed by atoms with Gasteiger partial charge in [-0.2, -0.15) is 0 Å². The highest BCUT2D eigenvalue weighted by atomic mass is 16.3. The molecule has 0 spiro atoms. The van der Waals surface area contributed by atoms with Crippen LogP contribution in [0, 0.1) is 5.92 Å². The van der Waals surface area contributed by atoms with Gasteiger partial charge in [0.25, 0.3) is 0 Å². The first-order valence-electron chi connectivity index (χ1n) is 5.27. The minimum Gasteiger partial charge on any atom is -0.508 e. The summed E-state index contributed by atoms with van der Waals surface area (Å²) < 4.78 is 0. The van der Waals surface area contributed by atoms with Gasteiger partial charge in [-0.3, -0.25) is 4.79 Å². The van der Waals surface area contributed by atoms with Crippen molar-refractivity contribution in [3.8, 4) is 5.75 Å². The average Bonchev–Trinajstić information content (AvgIpc) is 2.24. The maximum atomic E-state index is 11.6. The fourth-order valence-corrected chi connectivity index (χ4v) is 1.94. The lowest BCUT2D eigenvalue weighted by Crippen LogP contribution is -2.37. The normalized spacial score (nSPS) is 21.6. The Morgan fingerprint density at radius 3 is 2.93 bits per heavy atom. The van der Waals surface area contributed by atoms with E-state index in [1.165, 1.54) is 0 Å². The fourth-order valence-electron chi connectivity index (χ4n) is 1.94. The predicted molar refractivity (Wildman–Crippen MR) is 57.8 cm³/mol. The van der Waals surface area contributed by atoms with Gasteiger partial charge >= 0.3 is 0 Å². The molecule has 1 heterocycles. The molecule has 3 heteroatoms. The second-order valence-corrected chi connectivity index (χ2v) is 3.95. The van der Waals surface area contributed by atoms with Crippen LogP contribution in [-0.2, 0) is 11.2 Å². The Morgan fingerprint density at radius 1 is 1.40 bits per heavy atom. The van der Waals surface area contributed by atoms with E-state index in [0.29, 0.717) is 18.6 Å². The second kappa shape index (κ2) is 4.45. The molecule has 2 rings (SSSR count). The summed E-state index contributed by atoms with van der Waals surface area (Å²) in [7, 11) is 0. The topological polar surface area (TPSA) is 49.3 Å². The van der Waals surface area contributed by atoms with Gasteiger partial charge in [0.1, 0.15) is 11.5 Å². The molecular weight excluding hydrogens is 190 g/mol. The third-order valence-corrected chi connectivity index (χ3v) is 2.85. The molecule has 1 aromatic rings. The number of para-hydroxylation sites is 1. The van der Waals surface area contributed by atoms with Crippen molar-refractivity contribution < 1.29 is 9.90 Å². The first-order valence-corrected chi connectivity index (χ1v) is 5.27. The largest absolute Gasteiger partial charge is 0.508 e. The lowest BCUT2D eigenvalue weighted by atomic mass is 9.91. The summed E-state index contributed by atoms with van der Waals surface area (Å²) in [5.41, 5.74) is 0.861. The van der Waals surface area contributed by atoms with E-state index < -0.39 is 0 Å². The molecule has 1 aliphatic rings. The number of phenolic OH excluding ortho intramolecular Hbond substituents is 1. The number of Topliss-reactive ketones (excluding diaryl/α,β-unsaturated/α-hetero) is 1. The van der Waals surface area contributed by atoms with Crippen molar-refractivity contribution in [2.75, 3.05) is 13.1 Å². The fraction of sp³-hybridized carbons (Fsp3) is 0.417. The number of hydrogen-bond acceptors (Lipinski definition) is 3. The van der Waals surface area contributed by atoms with E-state index in [2.05, 4.69) is 5.32 Å². The zero-order valence-corrected chi connectivity index (χ0v) is 8.57. The number of carbonyl (C=O) groups excluding carboxylic acids is 1. The number of carbonyl (C=O) groups is 1. The van der Waals surface area contributed by atoms with Gasteiger partial charge in [-0.25, -0.2) is 0 Å². The van der Waals surface area contributed by atoms with Gasteiger partial charge in [0.05, 0.1) is 0 Å². The van der Waals surface area contributed by atoms with Gasteiger partial charge < -0.3 is 10.4 Å². The van der Waals surface area contributed by atoms with E-state index in [-0.39, 0.29) is 11.7 Å². The molecule has 1 atom stereocenters. The number of rotatable bonds is 2. The van der Waals surface area contributed by atoms with Crippen LogP contribution < -0.4 is 5.32 Å². The Labute approximate surface area is 89.1 Å². The zero-order chi connectivity index (χ0) is 10.7. The summed E-state index contributed by atoms with van der Waals surface area (Å²) in [6.45, 7) is 1.52. The van der Waals surface area contributed by atoms with Gasteiger partial charge in [0.2, 0.25) is 0 Å². The highest BCUT2D eigenvalue weighted by molar-refractivity contribution is 5.82. The average molecular weight is 205 g/mol. The van der Waals surface area contributed by atoms with Crippen LogP contribution in [0.2, 0.25) is 0 Å². The number of hydrogen-bond donors (Lipinski definition) is 2. The summed E-state index contributed by atoms with van der Waals surface area (Å²) in [5.74, 6) is 0.611. The molecule has 3 nitrogen and oxygen atoms in total. The molecule has 0 amide bonds. The monoisotopic (exact) mass is 205 g/mol. The van der Waals surface area contributed by atoms with Gasteiger partial charge in [0.15, 0.2) is 0 Å². The summed E-state index contributed by atoms with van der Waals surface area (Å²) in [6, 6.07) is 7.21. The van der Waals surface area contributed by atoms with Gasteiger partial charge in [0, 0.05) is 25.4 Å². The van der Waals surface area contributed by atoms with E-state index in [9.17, 15) is 9.90 Å². The van der Waals surface area contributed by atoms with Crippen molar-refractivity contribution in [3.05, 3.63) is 29.8 Å². The van der Waals surface area contributed by atoms with E-state index in [1.54, 1.807) is 12.1 Å². The van der Waals surface area contributed by atoms with Gasteiger partial charge in [-0.15, -0.1) is 0 Å². The Bertz CT molecular complexity index is 362. The standard InChI is InChI=1S/C12H15NO2/c14-11-4-2-1-3-9(11)7-10-8-13-6-5-12(10)15/h1-4,10,13-14H,5-8H2. The number of piperidine rings is 1. The SMILES string of the molecule is O=C1CCNCC1Cc1ccccc1O. The molecule has 0 aromatic heterocycles. The molecule has 2 N–H and O–H groups in total. The second-order valence-electron chi connectivity index (χ2n) is 3.95. The maximum absolute atomic E-state index is 11.6. The molecule has 1 aromatic carbocycles. The molecule has 1 unspecified atom stereocenters.